The molecular weight excluding hydrogens is 248 g/mol. The Morgan fingerprint density at radius 1 is 1.56 bits per heavy atom. The van der Waals surface area contributed by atoms with E-state index in [1.54, 1.807) is 4.90 Å². The molecule has 1 saturated heterocycles. The maximum Gasteiger partial charge on any atom is 0.321 e. The lowest BCUT2D eigenvalue weighted by atomic mass is 10.1. The maximum absolute atomic E-state index is 11.8. The second-order valence-electron chi connectivity index (χ2n) is 4.18. The van der Waals surface area contributed by atoms with Crippen molar-refractivity contribution in [2.45, 2.75) is 13.3 Å². The van der Waals surface area contributed by atoms with Crippen molar-refractivity contribution in [2.24, 2.45) is 5.73 Å². The van der Waals surface area contributed by atoms with E-state index in [2.05, 4.69) is 10.6 Å². The lowest BCUT2D eigenvalue weighted by Gasteiger charge is -2.29. The number of thiocarbonyl (C=S) groups is 1. The SMILES string of the molecule is Cc1c(NC(N)=S)cccc1N1CCCNC1=O. The molecule has 2 amide bonds. The molecule has 0 saturated carbocycles. The number of hydrogen-bond donors (Lipinski definition) is 3. The van der Waals surface area contributed by atoms with Crippen LogP contribution in [0.2, 0.25) is 0 Å². The topological polar surface area (TPSA) is 70.4 Å². The maximum atomic E-state index is 11.8. The fraction of sp³-hybridized carbons (Fsp3) is 0.333. The molecule has 0 aliphatic carbocycles. The molecular formula is C12H16N4OS. The Hall–Kier alpha value is -1.82. The predicted octanol–water partition coefficient (Wildman–Crippen LogP) is 1.57. The van der Waals surface area contributed by atoms with Crippen molar-refractivity contribution in [1.82, 2.24) is 5.32 Å². The van der Waals surface area contributed by atoms with Crippen LogP contribution in [0.5, 0.6) is 0 Å². The van der Waals surface area contributed by atoms with Crippen molar-refractivity contribution < 1.29 is 4.79 Å². The second kappa shape index (κ2) is 5.22. The summed E-state index contributed by atoms with van der Waals surface area (Å²) in [7, 11) is 0. The van der Waals surface area contributed by atoms with Gasteiger partial charge in [0.05, 0.1) is 5.69 Å². The third kappa shape index (κ3) is 2.53. The number of nitrogens with zero attached hydrogens (tertiary/aromatic N) is 1. The monoisotopic (exact) mass is 264 g/mol. The summed E-state index contributed by atoms with van der Waals surface area (Å²) < 4.78 is 0. The van der Waals surface area contributed by atoms with E-state index in [1.807, 2.05) is 25.1 Å². The molecule has 1 aromatic rings. The van der Waals surface area contributed by atoms with Gasteiger partial charge in [0, 0.05) is 18.8 Å². The summed E-state index contributed by atoms with van der Waals surface area (Å²) in [6.07, 6.45) is 0.943. The minimum Gasteiger partial charge on any atom is -0.376 e. The summed E-state index contributed by atoms with van der Waals surface area (Å²) in [5.74, 6) is 0. The molecule has 5 nitrogen and oxygen atoms in total. The van der Waals surface area contributed by atoms with E-state index in [9.17, 15) is 4.79 Å². The van der Waals surface area contributed by atoms with Crippen molar-refractivity contribution in [3.8, 4) is 0 Å². The van der Waals surface area contributed by atoms with E-state index in [4.69, 9.17) is 18.0 Å². The number of carbonyl (C=O) groups is 1. The van der Waals surface area contributed by atoms with Gasteiger partial charge in [0.25, 0.3) is 0 Å². The molecule has 6 heteroatoms. The third-order valence-electron chi connectivity index (χ3n) is 2.93. The summed E-state index contributed by atoms with van der Waals surface area (Å²) in [6.45, 7) is 3.40. The molecule has 1 aliphatic rings. The third-order valence-corrected chi connectivity index (χ3v) is 3.04. The van der Waals surface area contributed by atoms with E-state index >= 15 is 0 Å². The van der Waals surface area contributed by atoms with Gasteiger partial charge < -0.3 is 16.4 Å². The summed E-state index contributed by atoms with van der Waals surface area (Å²) in [5.41, 5.74) is 8.15. The van der Waals surface area contributed by atoms with E-state index in [1.165, 1.54) is 0 Å². The molecule has 96 valence electrons. The number of benzene rings is 1. The molecule has 4 N–H and O–H groups in total. The minimum absolute atomic E-state index is 0.0585. The second-order valence-corrected chi connectivity index (χ2v) is 4.62. The van der Waals surface area contributed by atoms with Gasteiger partial charge in [-0.25, -0.2) is 4.79 Å². The van der Waals surface area contributed by atoms with Crippen LogP contribution >= 0.6 is 12.2 Å². The molecule has 0 radical (unpaired) electrons. The number of amides is 2. The van der Waals surface area contributed by atoms with Gasteiger partial charge in [0.1, 0.15) is 0 Å². The van der Waals surface area contributed by atoms with Gasteiger partial charge in [0.15, 0.2) is 5.11 Å². The van der Waals surface area contributed by atoms with Gasteiger partial charge in [-0.1, -0.05) is 6.07 Å². The highest BCUT2D eigenvalue weighted by atomic mass is 32.1. The van der Waals surface area contributed by atoms with Crippen molar-refractivity contribution >= 4 is 34.7 Å². The first-order chi connectivity index (χ1) is 8.59. The Morgan fingerprint density at radius 2 is 2.33 bits per heavy atom. The number of hydrogen-bond acceptors (Lipinski definition) is 2. The van der Waals surface area contributed by atoms with Crippen LogP contribution in [-0.2, 0) is 0 Å². The normalized spacial score (nSPS) is 15.2. The molecule has 1 aromatic carbocycles. The number of rotatable bonds is 2. The quantitative estimate of drug-likeness (QED) is 0.709. The average molecular weight is 264 g/mol. The Kier molecular flexibility index (Phi) is 3.66. The Bertz CT molecular complexity index is 489. The van der Waals surface area contributed by atoms with Crippen LogP contribution in [0, 0.1) is 6.92 Å². The van der Waals surface area contributed by atoms with Crippen LogP contribution in [0.1, 0.15) is 12.0 Å². The zero-order valence-corrected chi connectivity index (χ0v) is 11.0. The number of nitrogens with two attached hydrogens (primary N) is 1. The summed E-state index contributed by atoms with van der Waals surface area (Å²) in [4.78, 5) is 13.6. The van der Waals surface area contributed by atoms with Gasteiger partial charge in [-0.3, -0.25) is 4.90 Å². The highest BCUT2D eigenvalue weighted by Crippen LogP contribution is 2.27. The van der Waals surface area contributed by atoms with Gasteiger partial charge >= 0.3 is 6.03 Å². The zero-order chi connectivity index (χ0) is 13.1. The van der Waals surface area contributed by atoms with E-state index in [0.29, 0.717) is 0 Å². The van der Waals surface area contributed by atoms with E-state index in [-0.39, 0.29) is 11.1 Å². The van der Waals surface area contributed by atoms with Crippen LogP contribution in [0.15, 0.2) is 18.2 Å². The van der Waals surface area contributed by atoms with Crippen LogP contribution < -0.4 is 21.3 Å². The smallest absolute Gasteiger partial charge is 0.321 e. The van der Waals surface area contributed by atoms with Crippen molar-refractivity contribution in [1.29, 1.82) is 0 Å². The number of urea groups is 1. The molecule has 1 fully saturated rings. The first-order valence-electron chi connectivity index (χ1n) is 5.81. The lowest BCUT2D eigenvalue weighted by Crippen LogP contribution is -2.46. The number of carbonyl (C=O) groups excluding carboxylic acids is 1. The molecule has 0 atom stereocenters. The number of nitrogens with one attached hydrogen (secondary N) is 2. The molecule has 1 heterocycles. The molecule has 2 rings (SSSR count). The summed E-state index contributed by atoms with van der Waals surface area (Å²) in [6, 6.07) is 5.63. The molecule has 0 spiro atoms. The summed E-state index contributed by atoms with van der Waals surface area (Å²) >= 11 is 4.83. The first-order valence-corrected chi connectivity index (χ1v) is 6.22. The average Bonchev–Trinajstić information content (AvgIpc) is 2.32. The van der Waals surface area contributed by atoms with Crippen molar-refractivity contribution in [2.75, 3.05) is 23.3 Å². The lowest BCUT2D eigenvalue weighted by molar-refractivity contribution is 0.243. The standard InChI is InChI=1S/C12H16N4OS/c1-8-9(15-11(13)18)4-2-5-10(8)16-7-3-6-14-12(16)17/h2,4-5H,3,6-7H2,1H3,(H,14,17)(H3,13,15,18). The minimum atomic E-state index is -0.0585. The van der Waals surface area contributed by atoms with Crippen molar-refractivity contribution in [3.05, 3.63) is 23.8 Å². The summed E-state index contributed by atoms with van der Waals surface area (Å²) in [5, 5.41) is 5.97. The largest absolute Gasteiger partial charge is 0.376 e. The highest BCUT2D eigenvalue weighted by Gasteiger charge is 2.21. The van der Waals surface area contributed by atoms with Gasteiger partial charge in [-0.15, -0.1) is 0 Å². The van der Waals surface area contributed by atoms with Crippen LogP contribution in [0.3, 0.4) is 0 Å². The number of anilines is 2. The first kappa shape index (κ1) is 12.6. The van der Waals surface area contributed by atoms with Crippen LogP contribution in [-0.4, -0.2) is 24.2 Å². The zero-order valence-electron chi connectivity index (χ0n) is 10.2. The molecule has 1 aliphatic heterocycles. The molecule has 0 aromatic heterocycles. The van der Waals surface area contributed by atoms with E-state index < -0.39 is 0 Å². The Balaban J connectivity index is 2.32. The van der Waals surface area contributed by atoms with Crippen LogP contribution in [0.4, 0.5) is 16.2 Å². The van der Waals surface area contributed by atoms with Gasteiger partial charge in [-0.05, 0) is 43.3 Å². The molecule has 0 unspecified atom stereocenters. The van der Waals surface area contributed by atoms with Crippen molar-refractivity contribution in [3.63, 3.8) is 0 Å². The molecule has 0 bridgehead atoms. The Morgan fingerprint density at radius 3 is 3.00 bits per heavy atom. The van der Waals surface area contributed by atoms with Gasteiger partial charge in [0.2, 0.25) is 0 Å². The Labute approximate surface area is 111 Å². The fourth-order valence-corrected chi connectivity index (χ4v) is 2.15. The predicted molar refractivity (Wildman–Crippen MR) is 76.9 cm³/mol. The van der Waals surface area contributed by atoms with E-state index in [0.717, 1.165) is 36.4 Å². The molecule has 18 heavy (non-hydrogen) atoms. The van der Waals surface area contributed by atoms with Crippen LogP contribution in [0.25, 0.3) is 0 Å². The fourth-order valence-electron chi connectivity index (χ4n) is 2.04. The highest BCUT2D eigenvalue weighted by molar-refractivity contribution is 7.80. The van der Waals surface area contributed by atoms with Gasteiger partial charge in [-0.2, -0.15) is 0 Å².